The molecule has 0 aliphatic heterocycles. The molecule has 0 aromatic heterocycles. The molecule has 0 aliphatic rings. The van der Waals surface area contributed by atoms with Crippen LogP contribution >= 0.6 is 0 Å². The number of alkyl halides is 1. The van der Waals surface area contributed by atoms with Crippen molar-refractivity contribution in [1.29, 1.82) is 0 Å². The molecule has 2 atom stereocenters. The van der Waals surface area contributed by atoms with Gasteiger partial charge in [0.1, 0.15) is 0 Å². The lowest BCUT2D eigenvalue weighted by atomic mass is 9.98. The van der Waals surface area contributed by atoms with E-state index in [4.69, 9.17) is 0 Å². The molecule has 0 aliphatic carbocycles. The lowest BCUT2D eigenvalue weighted by Gasteiger charge is -2.15. The van der Waals surface area contributed by atoms with Crippen LogP contribution in [0.25, 0.3) is 0 Å². The highest BCUT2D eigenvalue weighted by Crippen LogP contribution is 2.12. The number of halogens is 1. The van der Waals surface area contributed by atoms with Gasteiger partial charge in [0.05, 0.1) is 12.8 Å². The van der Waals surface area contributed by atoms with Crippen molar-refractivity contribution in [3.63, 3.8) is 0 Å². The molecule has 0 rings (SSSR count). The molecule has 10 heavy (non-hydrogen) atoms. The Kier molecular flexibility index (Phi) is 5.60. The number of aliphatic hydroxyl groups excluding tert-OH is 1. The highest BCUT2D eigenvalue weighted by Gasteiger charge is 2.10. The largest absolute Gasteiger partial charge is 0.393 e. The summed E-state index contributed by atoms with van der Waals surface area (Å²) >= 11 is 0. The van der Waals surface area contributed by atoms with Crippen LogP contribution in [0, 0.1) is 5.92 Å². The van der Waals surface area contributed by atoms with E-state index in [1.165, 1.54) is 0 Å². The van der Waals surface area contributed by atoms with E-state index in [1.807, 2.05) is 13.8 Å². The summed E-state index contributed by atoms with van der Waals surface area (Å²) in [5.74, 6) is 0.251. The zero-order valence-electron chi connectivity index (χ0n) is 6.81. The summed E-state index contributed by atoms with van der Waals surface area (Å²) < 4.78 is 11.6. The van der Waals surface area contributed by atoms with Gasteiger partial charge in [0.15, 0.2) is 0 Å². The topological polar surface area (TPSA) is 20.2 Å². The van der Waals surface area contributed by atoms with Gasteiger partial charge in [-0.3, -0.25) is 4.39 Å². The molecular weight excluding hydrogens is 131 g/mol. The maximum absolute atomic E-state index is 11.6. The monoisotopic (exact) mass is 148 g/mol. The Labute approximate surface area is 62.3 Å². The SMILES string of the molecule is CCC(O)C(C)CCCF. The van der Waals surface area contributed by atoms with E-state index in [0.717, 1.165) is 12.8 Å². The van der Waals surface area contributed by atoms with Gasteiger partial charge in [-0.15, -0.1) is 0 Å². The second-order valence-electron chi connectivity index (χ2n) is 2.78. The predicted octanol–water partition coefficient (Wildman–Crippen LogP) is 2.14. The molecule has 0 aromatic carbocycles. The fraction of sp³-hybridized carbons (Fsp3) is 1.00. The Balaban J connectivity index is 3.31. The first-order chi connectivity index (χ1) is 4.72. The van der Waals surface area contributed by atoms with Crippen LogP contribution in [0.1, 0.15) is 33.1 Å². The molecule has 62 valence electrons. The summed E-state index contributed by atoms with van der Waals surface area (Å²) in [7, 11) is 0. The third-order valence-electron chi connectivity index (χ3n) is 1.87. The molecule has 0 heterocycles. The molecular formula is C8H17FO. The van der Waals surface area contributed by atoms with Gasteiger partial charge in [-0.2, -0.15) is 0 Å². The summed E-state index contributed by atoms with van der Waals surface area (Å²) in [6.07, 6.45) is 1.91. The Hall–Kier alpha value is -0.110. The van der Waals surface area contributed by atoms with Crippen molar-refractivity contribution in [2.75, 3.05) is 6.67 Å². The van der Waals surface area contributed by atoms with Crippen LogP contribution in [0.15, 0.2) is 0 Å². The summed E-state index contributed by atoms with van der Waals surface area (Å²) in [6, 6.07) is 0. The van der Waals surface area contributed by atoms with Crippen LogP contribution in [0.2, 0.25) is 0 Å². The molecule has 0 radical (unpaired) electrons. The van der Waals surface area contributed by atoms with E-state index >= 15 is 0 Å². The first-order valence-corrected chi connectivity index (χ1v) is 3.96. The standard InChI is InChI=1S/C8H17FO/c1-3-8(10)7(2)5-4-6-9/h7-8,10H,3-6H2,1-2H3. The van der Waals surface area contributed by atoms with Gasteiger partial charge in [-0.05, 0) is 25.2 Å². The minimum absolute atomic E-state index is 0.244. The average Bonchev–Trinajstić information content (AvgIpc) is 1.98. The van der Waals surface area contributed by atoms with E-state index in [2.05, 4.69) is 0 Å². The maximum atomic E-state index is 11.6. The number of hydrogen-bond acceptors (Lipinski definition) is 1. The van der Waals surface area contributed by atoms with Gasteiger partial charge in [-0.25, -0.2) is 0 Å². The summed E-state index contributed by atoms with van der Waals surface area (Å²) in [5, 5.41) is 9.23. The normalized spacial score (nSPS) is 16.8. The Morgan fingerprint density at radius 3 is 2.50 bits per heavy atom. The number of rotatable bonds is 5. The molecule has 0 spiro atoms. The Morgan fingerprint density at radius 2 is 2.10 bits per heavy atom. The second-order valence-corrected chi connectivity index (χ2v) is 2.78. The molecule has 0 amide bonds. The van der Waals surface area contributed by atoms with Crippen molar-refractivity contribution in [1.82, 2.24) is 0 Å². The van der Waals surface area contributed by atoms with Gasteiger partial charge < -0.3 is 5.11 Å². The van der Waals surface area contributed by atoms with E-state index in [9.17, 15) is 9.50 Å². The van der Waals surface area contributed by atoms with Crippen LogP contribution in [-0.2, 0) is 0 Å². The molecule has 0 aromatic rings. The zero-order chi connectivity index (χ0) is 7.98. The first kappa shape index (κ1) is 9.89. The minimum Gasteiger partial charge on any atom is -0.393 e. The van der Waals surface area contributed by atoms with Gasteiger partial charge >= 0.3 is 0 Å². The van der Waals surface area contributed by atoms with Gasteiger partial charge in [0, 0.05) is 0 Å². The Morgan fingerprint density at radius 1 is 1.50 bits per heavy atom. The minimum atomic E-state index is -0.263. The molecule has 2 heteroatoms. The summed E-state index contributed by atoms with van der Waals surface area (Å²) in [4.78, 5) is 0. The number of hydrogen-bond donors (Lipinski definition) is 1. The van der Waals surface area contributed by atoms with Gasteiger partial charge in [0.25, 0.3) is 0 Å². The lowest BCUT2D eigenvalue weighted by Crippen LogP contribution is -2.16. The highest BCUT2D eigenvalue weighted by molar-refractivity contribution is 4.61. The number of aliphatic hydroxyl groups is 1. The molecule has 0 bridgehead atoms. The smallest absolute Gasteiger partial charge is 0.0894 e. The molecule has 0 saturated carbocycles. The molecule has 0 fully saturated rings. The van der Waals surface area contributed by atoms with Gasteiger partial charge in [0.2, 0.25) is 0 Å². The van der Waals surface area contributed by atoms with E-state index in [1.54, 1.807) is 0 Å². The van der Waals surface area contributed by atoms with Crippen molar-refractivity contribution in [3.05, 3.63) is 0 Å². The van der Waals surface area contributed by atoms with Crippen molar-refractivity contribution in [2.45, 2.75) is 39.2 Å². The van der Waals surface area contributed by atoms with Crippen molar-refractivity contribution in [3.8, 4) is 0 Å². The van der Waals surface area contributed by atoms with Crippen LogP contribution < -0.4 is 0 Å². The molecule has 2 unspecified atom stereocenters. The highest BCUT2D eigenvalue weighted by atomic mass is 19.1. The van der Waals surface area contributed by atoms with Gasteiger partial charge in [-0.1, -0.05) is 13.8 Å². The summed E-state index contributed by atoms with van der Waals surface area (Å²) in [6.45, 7) is 3.64. The fourth-order valence-corrected chi connectivity index (χ4v) is 0.994. The van der Waals surface area contributed by atoms with Crippen molar-refractivity contribution >= 4 is 0 Å². The van der Waals surface area contributed by atoms with Crippen LogP contribution in [0.4, 0.5) is 4.39 Å². The molecule has 1 nitrogen and oxygen atoms in total. The van der Waals surface area contributed by atoms with E-state index in [-0.39, 0.29) is 18.7 Å². The van der Waals surface area contributed by atoms with Crippen LogP contribution in [0.3, 0.4) is 0 Å². The van der Waals surface area contributed by atoms with E-state index in [0.29, 0.717) is 6.42 Å². The summed E-state index contributed by atoms with van der Waals surface area (Å²) in [5.41, 5.74) is 0. The van der Waals surface area contributed by atoms with E-state index < -0.39 is 0 Å². The van der Waals surface area contributed by atoms with Crippen molar-refractivity contribution in [2.24, 2.45) is 5.92 Å². The maximum Gasteiger partial charge on any atom is 0.0894 e. The third kappa shape index (κ3) is 3.83. The lowest BCUT2D eigenvalue weighted by molar-refractivity contribution is 0.106. The zero-order valence-corrected chi connectivity index (χ0v) is 6.81. The first-order valence-electron chi connectivity index (χ1n) is 3.96. The van der Waals surface area contributed by atoms with Crippen LogP contribution in [-0.4, -0.2) is 17.9 Å². The average molecular weight is 148 g/mol. The van der Waals surface area contributed by atoms with Crippen molar-refractivity contribution < 1.29 is 9.50 Å². The van der Waals surface area contributed by atoms with Crippen LogP contribution in [0.5, 0.6) is 0 Å². The molecule has 0 saturated heterocycles. The Bertz CT molecular complexity index is 75.7. The second kappa shape index (κ2) is 5.66. The molecule has 1 N–H and O–H groups in total. The quantitative estimate of drug-likeness (QED) is 0.633. The predicted molar refractivity (Wildman–Crippen MR) is 40.7 cm³/mol. The third-order valence-corrected chi connectivity index (χ3v) is 1.87. The fourth-order valence-electron chi connectivity index (χ4n) is 0.994.